The number of nitriles is 1. The Labute approximate surface area is 100 Å². The van der Waals surface area contributed by atoms with Crippen LogP contribution in [0.1, 0.15) is 6.42 Å². The quantitative estimate of drug-likeness (QED) is 0.928. The molecule has 1 aromatic carbocycles. The Hall–Kier alpha value is -1.61. The zero-order chi connectivity index (χ0) is 12.1. The first-order valence-corrected chi connectivity index (χ1v) is 5.07. The smallest absolute Gasteiger partial charge is 0.238 e. The third-order valence-corrected chi connectivity index (χ3v) is 2.37. The molecular weight excluding hydrogens is 279 g/mol. The Bertz CT molecular complexity index is 457. The van der Waals surface area contributed by atoms with Crippen LogP contribution < -0.4 is 10.1 Å². The van der Waals surface area contributed by atoms with Gasteiger partial charge in [0.1, 0.15) is 18.0 Å². The van der Waals surface area contributed by atoms with Gasteiger partial charge in [0, 0.05) is 6.07 Å². The summed E-state index contributed by atoms with van der Waals surface area (Å²) in [5, 5.41) is 10.6. The molecule has 0 radical (unpaired) electrons. The van der Waals surface area contributed by atoms with Crippen LogP contribution in [0.3, 0.4) is 0 Å². The number of nitrogens with zero attached hydrogens (tertiary/aromatic N) is 1. The largest absolute Gasteiger partial charge is 0.495 e. The van der Waals surface area contributed by atoms with Gasteiger partial charge in [0.2, 0.25) is 5.91 Å². The van der Waals surface area contributed by atoms with E-state index in [0.717, 1.165) is 0 Å². The van der Waals surface area contributed by atoms with Crippen molar-refractivity contribution in [2.75, 3.05) is 12.4 Å². The summed E-state index contributed by atoms with van der Waals surface area (Å²) in [6, 6.07) is 4.20. The van der Waals surface area contributed by atoms with Crippen LogP contribution in [0.25, 0.3) is 0 Å². The molecule has 1 rings (SSSR count). The van der Waals surface area contributed by atoms with Gasteiger partial charge in [-0.15, -0.1) is 0 Å². The lowest BCUT2D eigenvalue weighted by Gasteiger charge is -2.08. The van der Waals surface area contributed by atoms with E-state index >= 15 is 0 Å². The fourth-order valence-corrected chi connectivity index (χ4v) is 1.52. The SMILES string of the molecule is COc1cc(NC(=O)CC#N)c(F)cc1Br. The predicted octanol–water partition coefficient (Wildman–Crippen LogP) is 2.45. The molecule has 1 aromatic rings. The first kappa shape index (κ1) is 12.5. The minimum absolute atomic E-state index is 0.0136. The summed E-state index contributed by atoms with van der Waals surface area (Å²) in [6.07, 6.45) is -0.322. The van der Waals surface area contributed by atoms with Gasteiger partial charge in [-0.3, -0.25) is 4.79 Å². The van der Waals surface area contributed by atoms with E-state index in [1.807, 2.05) is 0 Å². The van der Waals surface area contributed by atoms with Crippen LogP contribution in [-0.4, -0.2) is 13.0 Å². The molecule has 0 bridgehead atoms. The van der Waals surface area contributed by atoms with Crippen LogP contribution >= 0.6 is 15.9 Å². The molecule has 84 valence electrons. The van der Waals surface area contributed by atoms with Crippen molar-refractivity contribution in [1.82, 2.24) is 0 Å². The van der Waals surface area contributed by atoms with Crippen molar-refractivity contribution < 1.29 is 13.9 Å². The second-order valence-electron chi connectivity index (χ2n) is 2.85. The highest BCUT2D eigenvalue weighted by atomic mass is 79.9. The normalized spacial score (nSPS) is 9.38. The van der Waals surface area contributed by atoms with Crippen LogP contribution in [0.4, 0.5) is 10.1 Å². The molecule has 16 heavy (non-hydrogen) atoms. The number of nitrogens with one attached hydrogen (secondary N) is 1. The predicted molar refractivity (Wildman–Crippen MR) is 59.5 cm³/mol. The summed E-state index contributed by atoms with van der Waals surface area (Å²) in [5.74, 6) is -0.765. The summed E-state index contributed by atoms with van der Waals surface area (Å²) in [4.78, 5) is 11.1. The van der Waals surface area contributed by atoms with Gasteiger partial charge < -0.3 is 10.1 Å². The molecule has 0 aromatic heterocycles. The first-order chi connectivity index (χ1) is 7.58. The molecule has 0 aliphatic carbocycles. The van der Waals surface area contributed by atoms with Crippen molar-refractivity contribution >= 4 is 27.5 Å². The van der Waals surface area contributed by atoms with E-state index in [9.17, 15) is 9.18 Å². The number of ether oxygens (including phenoxy) is 1. The lowest BCUT2D eigenvalue weighted by molar-refractivity contribution is -0.115. The number of anilines is 1. The van der Waals surface area contributed by atoms with Gasteiger partial charge in [0.25, 0.3) is 0 Å². The second-order valence-corrected chi connectivity index (χ2v) is 3.70. The fourth-order valence-electron chi connectivity index (χ4n) is 1.05. The van der Waals surface area contributed by atoms with E-state index in [1.54, 1.807) is 6.07 Å². The average molecular weight is 287 g/mol. The standard InChI is InChI=1S/C10H8BrFN2O2/c1-16-9-5-8(7(12)4-6(9)11)14-10(15)2-3-13/h4-5H,2H2,1H3,(H,14,15). The van der Waals surface area contributed by atoms with Crippen molar-refractivity contribution in [3.8, 4) is 11.8 Å². The summed E-state index contributed by atoms with van der Waals surface area (Å²) in [7, 11) is 1.43. The van der Waals surface area contributed by atoms with Crippen LogP contribution in [0, 0.1) is 17.1 Å². The number of methoxy groups -OCH3 is 1. The van der Waals surface area contributed by atoms with Crippen LogP contribution in [0.5, 0.6) is 5.75 Å². The minimum atomic E-state index is -0.598. The molecule has 0 saturated heterocycles. The van der Waals surface area contributed by atoms with Crippen molar-refractivity contribution in [2.24, 2.45) is 0 Å². The van der Waals surface area contributed by atoms with Crippen molar-refractivity contribution in [3.63, 3.8) is 0 Å². The highest BCUT2D eigenvalue weighted by molar-refractivity contribution is 9.10. The molecular formula is C10H8BrFN2O2. The number of hydrogen-bond donors (Lipinski definition) is 1. The number of benzene rings is 1. The van der Waals surface area contributed by atoms with Gasteiger partial charge in [0.05, 0.1) is 23.3 Å². The summed E-state index contributed by atoms with van der Waals surface area (Å²) >= 11 is 3.11. The first-order valence-electron chi connectivity index (χ1n) is 4.28. The number of amides is 1. The minimum Gasteiger partial charge on any atom is -0.495 e. The average Bonchev–Trinajstić information content (AvgIpc) is 2.22. The molecule has 6 heteroatoms. The molecule has 0 aliphatic rings. The van der Waals surface area contributed by atoms with E-state index in [-0.39, 0.29) is 12.1 Å². The van der Waals surface area contributed by atoms with Gasteiger partial charge in [-0.2, -0.15) is 5.26 Å². The summed E-state index contributed by atoms with van der Waals surface area (Å²) < 4.78 is 18.8. The molecule has 0 fully saturated rings. The zero-order valence-corrected chi connectivity index (χ0v) is 9.97. The lowest BCUT2D eigenvalue weighted by atomic mass is 10.2. The van der Waals surface area contributed by atoms with Crippen LogP contribution in [0.15, 0.2) is 16.6 Å². The molecule has 0 heterocycles. The molecule has 0 atom stereocenters. The summed E-state index contributed by atoms with van der Waals surface area (Å²) in [5.41, 5.74) is -0.0136. The van der Waals surface area contributed by atoms with Gasteiger partial charge in [-0.25, -0.2) is 4.39 Å². The number of halogens is 2. The van der Waals surface area contributed by atoms with Gasteiger partial charge in [-0.1, -0.05) is 0 Å². The van der Waals surface area contributed by atoms with Gasteiger partial charge >= 0.3 is 0 Å². The van der Waals surface area contributed by atoms with E-state index in [4.69, 9.17) is 10.00 Å². The van der Waals surface area contributed by atoms with Crippen molar-refractivity contribution in [1.29, 1.82) is 5.26 Å². The highest BCUT2D eigenvalue weighted by Gasteiger charge is 2.11. The number of carbonyl (C=O) groups is 1. The Morgan fingerprint density at radius 1 is 1.69 bits per heavy atom. The molecule has 1 amide bonds. The number of hydrogen-bond acceptors (Lipinski definition) is 3. The maximum absolute atomic E-state index is 13.4. The molecule has 0 spiro atoms. The lowest BCUT2D eigenvalue weighted by Crippen LogP contribution is -2.11. The zero-order valence-electron chi connectivity index (χ0n) is 8.38. The van der Waals surface area contributed by atoms with Crippen LogP contribution in [0.2, 0.25) is 0 Å². The summed E-state index contributed by atoms with van der Waals surface area (Å²) in [6.45, 7) is 0. The molecule has 1 N–H and O–H groups in total. The Morgan fingerprint density at radius 3 is 2.94 bits per heavy atom. The van der Waals surface area contributed by atoms with E-state index < -0.39 is 11.7 Å². The van der Waals surface area contributed by atoms with Crippen molar-refractivity contribution in [3.05, 3.63) is 22.4 Å². The van der Waals surface area contributed by atoms with Crippen molar-refractivity contribution in [2.45, 2.75) is 6.42 Å². The maximum Gasteiger partial charge on any atom is 0.238 e. The molecule has 0 unspecified atom stereocenters. The van der Waals surface area contributed by atoms with Gasteiger partial charge in [0.15, 0.2) is 0 Å². The maximum atomic E-state index is 13.4. The fraction of sp³-hybridized carbons (Fsp3) is 0.200. The molecule has 0 aliphatic heterocycles. The highest BCUT2D eigenvalue weighted by Crippen LogP contribution is 2.30. The Kier molecular flexibility index (Phi) is 4.26. The second kappa shape index (κ2) is 5.47. The Balaban J connectivity index is 2.96. The number of carbonyl (C=O) groups excluding carboxylic acids is 1. The van der Waals surface area contributed by atoms with E-state index in [1.165, 1.54) is 19.2 Å². The number of rotatable bonds is 3. The third-order valence-electron chi connectivity index (χ3n) is 1.76. The molecule has 0 saturated carbocycles. The molecule has 4 nitrogen and oxygen atoms in total. The van der Waals surface area contributed by atoms with E-state index in [2.05, 4.69) is 21.2 Å². The van der Waals surface area contributed by atoms with E-state index in [0.29, 0.717) is 10.2 Å². The monoisotopic (exact) mass is 286 g/mol. The van der Waals surface area contributed by atoms with Gasteiger partial charge in [-0.05, 0) is 22.0 Å². The topological polar surface area (TPSA) is 62.1 Å². The third kappa shape index (κ3) is 2.94. The van der Waals surface area contributed by atoms with Crippen LogP contribution in [-0.2, 0) is 4.79 Å². The Morgan fingerprint density at radius 2 is 2.38 bits per heavy atom.